The Hall–Kier alpha value is -0.120. The highest BCUT2D eigenvalue weighted by Gasteiger charge is 2.29. The minimum Gasteiger partial charge on any atom is -0.395 e. The van der Waals surface area contributed by atoms with Crippen LogP contribution in [0.3, 0.4) is 0 Å². The molecule has 0 radical (unpaired) electrons. The highest BCUT2D eigenvalue weighted by molar-refractivity contribution is 4.86. The number of aliphatic hydroxyl groups is 1. The van der Waals surface area contributed by atoms with Gasteiger partial charge in [0.15, 0.2) is 0 Å². The summed E-state index contributed by atoms with van der Waals surface area (Å²) in [5.74, 6) is 0. The highest BCUT2D eigenvalue weighted by Crippen LogP contribution is 2.27. The molecule has 0 amide bonds. The van der Waals surface area contributed by atoms with E-state index in [1.165, 1.54) is 32.2 Å². The number of rotatable bonds is 8. The van der Waals surface area contributed by atoms with Gasteiger partial charge in [0, 0.05) is 18.6 Å². The van der Waals surface area contributed by atoms with E-state index in [4.69, 9.17) is 5.11 Å². The number of likely N-dealkylation sites (N-methyl/N-ethyl adjacent to an activating group) is 1. The number of hydrogen-bond donors (Lipinski definition) is 2. The highest BCUT2D eigenvalue weighted by atomic mass is 16.3. The second-order valence-corrected chi connectivity index (χ2v) is 4.25. The van der Waals surface area contributed by atoms with Gasteiger partial charge in [0.05, 0.1) is 6.61 Å². The summed E-state index contributed by atoms with van der Waals surface area (Å²) in [6, 6.07) is 1.05. The third kappa shape index (κ3) is 3.95. The predicted molar refractivity (Wildman–Crippen MR) is 59.4 cm³/mol. The molecular weight excluding hydrogens is 176 g/mol. The molecule has 3 heteroatoms. The lowest BCUT2D eigenvalue weighted by Gasteiger charge is -2.26. The van der Waals surface area contributed by atoms with Crippen LogP contribution in [0.15, 0.2) is 0 Å². The summed E-state index contributed by atoms with van der Waals surface area (Å²) in [6.45, 7) is 4.66. The van der Waals surface area contributed by atoms with Crippen LogP contribution in [0, 0.1) is 0 Å². The van der Waals surface area contributed by atoms with Crippen LogP contribution in [0.5, 0.6) is 0 Å². The molecular formula is C11H24N2O. The number of nitrogens with one attached hydrogen (secondary N) is 1. The summed E-state index contributed by atoms with van der Waals surface area (Å²) >= 11 is 0. The maximum Gasteiger partial charge on any atom is 0.0597 e. The molecule has 0 aliphatic heterocycles. The summed E-state index contributed by atoms with van der Waals surface area (Å²) in [5, 5.41) is 12.3. The largest absolute Gasteiger partial charge is 0.395 e. The zero-order valence-electron chi connectivity index (χ0n) is 9.50. The van der Waals surface area contributed by atoms with Crippen molar-refractivity contribution in [1.82, 2.24) is 10.2 Å². The van der Waals surface area contributed by atoms with Crippen LogP contribution in [0.25, 0.3) is 0 Å². The van der Waals surface area contributed by atoms with E-state index < -0.39 is 0 Å². The van der Waals surface area contributed by atoms with Crippen molar-refractivity contribution in [3.05, 3.63) is 0 Å². The van der Waals surface area contributed by atoms with Crippen LogP contribution in [-0.4, -0.2) is 48.8 Å². The van der Waals surface area contributed by atoms with Gasteiger partial charge in [-0.15, -0.1) is 0 Å². The van der Waals surface area contributed by atoms with Crippen LogP contribution >= 0.6 is 0 Å². The van der Waals surface area contributed by atoms with Crippen LogP contribution < -0.4 is 5.32 Å². The number of aliphatic hydroxyl groups excluding tert-OH is 1. The molecule has 0 bridgehead atoms. The summed E-state index contributed by atoms with van der Waals surface area (Å²) < 4.78 is 0. The Morgan fingerprint density at radius 1 is 1.50 bits per heavy atom. The van der Waals surface area contributed by atoms with E-state index in [0.717, 1.165) is 12.6 Å². The Kier molecular flexibility index (Phi) is 5.45. The van der Waals surface area contributed by atoms with E-state index >= 15 is 0 Å². The van der Waals surface area contributed by atoms with Crippen molar-refractivity contribution in [2.75, 3.05) is 26.7 Å². The molecule has 1 aliphatic carbocycles. The Morgan fingerprint density at radius 2 is 2.21 bits per heavy atom. The van der Waals surface area contributed by atoms with E-state index in [1.54, 1.807) is 0 Å². The van der Waals surface area contributed by atoms with Crippen molar-refractivity contribution in [3.8, 4) is 0 Å². The lowest BCUT2D eigenvalue weighted by Crippen LogP contribution is -2.43. The van der Waals surface area contributed by atoms with Gasteiger partial charge >= 0.3 is 0 Å². The maximum absolute atomic E-state index is 9.11. The Balaban J connectivity index is 2.26. The van der Waals surface area contributed by atoms with E-state index in [2.05, 4.69) is 17.1 Å². The SMILES string of the molecule is CCCCN(CC(CO)NC)C1CC1. The van der Waals surface area contributed by atoms with Gasteiger partial charge in [-0.05, 0) is 32.9 Å². The van der Waals surface area contributed by atoms with E-state index in [1.807, 2.05) is 7.05 Å². The molecule has 0 heterocycles. The summed E-state index contributed by atoms with van der Waals surface area (Å²) in [6.07, 6.45) is 5.24. The standard InChI is InChI=1S/C11H24N2O/c1-3-4-7-13(11-5-6-11)8-10(9-14)12-2/h10-12,14H,3-9H2,1-2H3. The quantitative estimate of drug-likeness (QED) is 0.609. The fourth-order valence-corrected chi connectivity index (χ4v) is 1.75. The number of hydrogen-bond acceptors (Lipinski definition) is 3. The first-order valence-electron chi connectivity index (χ1n) is 5.84. The number of nitrogens with zero attached hydrogens (tertiary/aromatic N) is 1. The van der Waals surface area contributed by atoms with Crippen molar-refractivity contribution < 1.29 is 5.11 Å². The van der Waals surface area contributed by atoms with Gasteiger partial charge in [-0.25, -0.2) is 0 Å². The smallest absolute Gasteiger partial charge is 0.0597 e. The van der Waals surface area contributed by atoms with Gasteiger partial charge in [0.25, 0.3) is 0 Å². The second-order valence-electron chi connectivity index (χ2n) is 4.25. The Morgan fingerprint density at radius 3 is 2.64 bits per heavy atom. The molecule has 3 nitrogen and oxygen atoms in total. The lowest BCUT2D eigenvalue weighted by molar-refractivity contribution is 0.179. The third-order valence-electron chi connectivity index (χ3n) is 2.95. The van der Waals surface area contributed by atoms with Gasteiger partial charge in [0.1, 0.15) is 0 Å². The van der Waals surface area contributed by atoms with Crippen molar-refractivity contribution in [1.29, 1.82) is 0 Å². The third-order valence-corrected chi connectivity index (χ3v) is 2.95. The molecule has 1 unspecified atom stereocenters. The van der Waals surface area contributed by atoms with E-state index in [0.29, 0.717) is 0 Å². The van der Waals surface area contributed by atoms with Crippen molar-refractivity contribution in [3.63, 3.8) is 0 Å². The molecule has 0 aromatic heterocycles. The molecule has 0 saturated heterocycles. The summed E-state index contributed by atoms with van der Waals surface area (Å²) in [4.78, 5) is 2.53. The minimum absolute atomic E-state index is 0.242. The molecule has 0 aromatic rings. The average molecular weight is 200 g/mol. The first-order chi connectivity index (χ1) is 6.81. The topological polar surface area (TPSA) is 35.5 Å². The zero-order chi connectivity index (χ0) is 10.4. The van der Waals surface area contributed by atoms with E-state index in [9.17, 15) is 0 Å². The molecule has 0 spiro atoms. The second kappa shape index (κ2) is 6.38. The monoisotopic (exact) mass is 200 g/mol. The van der Waals surface area contributed by atoms with Crippen molar-refractivity contribution in [2.24, 2.45) is 0 Å². The van der Waals surface area contributed by atoms with Gasteiger partial charge in [-0.2, -0.15) is 0 Å². The van der Waals surface area contributed by atoms with Crippen LogP contribution in [-0.2, 0) is 0 Å². The first kappa shape index (κ1) is 12.0. The van der Waals surface area contributed by atoms with Crippen LogP contribution in [0.1, 0.15) is 32.6 Å². The minimum atomic E-state index is 0.242. The van der Waals surface area contributed by atoms with E-state index in [-0.39, 0.29) is 12.6 Å². The molecule has 1 aliphatic rings. The van der Waals surface area contributed by atoms with Crippen molar-refractivity contribution in [2.45, 2.75) is 44.7 Å². The molecule has 1 saturated carbocycles. The van der Waals surface area contributed by atoms with Gasteiger partial charge in [-0.3, -0.25) is 4.90 Å². The normalized spacial score (nSPS) is 18.9. The summed E-state index contributed by atoms with van der Waals surface area (Å²) in [7, 11) is 1.92. The molecule has 84 valence electrons. The molecule has 1 rings (SSSR count). The molecule has 14 heavy (non-hydrogen) atoms. The maximum atomic E-state index is 9.11. The average Bonchev–Trinajstić information content (AvgIpc) is 3.02. The molecule has 0 aromatic carbocycles. The van der Waals surface area contributed by atoms with Crippen LogP contribution in [0.2, 0.25) is 0 Å². The molecule has 1 fully saturated rings. The molecule has 1 atom stereocenters. The Bertz CT molecular complexity index is 144. The first-order valence-corrected chi connectivity index (χ1v) is 5.84. The van der Waals surface area contributed by atoms with Gasteiger partial charge in [0.2, 0.25) is 0 Å². The number of unbranched alkanes of at least 4 members (excludes halogenated alkanes) is 1. The molecule has 2 N–H and O–H groups in total. The predicted octanol–water partition coefficient (Wildman–Crippen LogP) is 0.831. The zero-order valence-corrected chi connectivity index (χ0v) is 9.50. The fourth-order valence-electron chi connectivity index (χ4n) is 1.75. The van der Waals surface area contributed by atoms with Crippen LogP contribution in [0.4, 0.5) is 0 Å². The van der Waals surface area contributed by atoms with Crippen molar-refractivity contribution >= 4 is 0 Å². The fraction of sp³-hybridized carbons (Fsp3) is 1.00. The van der Waals surface area contributed by atoms with Gasteiger partial charge < -0.3 is 10.4 Å². The van der Waals surface area contributed by atoms with Gasteiger partial charge in [-0.1, -0.05) is 13.3 Å². The Labute approximate surface area is 87.5 Å². The summed E-state index contributed by atoms with van der Waals surface area (Å²) in [5.41, 5.74) is 0. The lowest BCUT2D eigenvalue weighted by atomic mass is 10.2.